The number of aryl methyl sites for hydroxylation is 1. The second-order valence-electron chi connectivity index (χ2n) is 5.96. The third-order valence-electron chi connectivity index (χ3n) is 3.08. The van der Waals surface area contributed by atoms with Crippen molar-refractivity contribution in [3.8, 4) is 0 Å². The standard InChI is InChI=1S/C14H22N4O2/c1-10-12(17-6-5-15-10)11-9-18(8-7-16-11)13(19)20-14(2,3)4/h5-6,11,16H,7-9H2,1-4H3. The highest BCUT2D eigenvalue weighted by atomic mass is 16.6. The lowest BCUT2D eigenvalue weighted by molar-refractivity contribution is 0.0193. The largest absolute Gasteiger partial charge is 0.444 e. The number of nitrogens with zero attached hydrogens (tertiary/aromatic N) is 3. The Morgan fingerprint density at radius 2 is 2.10 bits per heavy atom. The zero-order chi connectivity index (χ0) is 14.8. The number of carbonyl (C=O) groups is 1. The van der Waals surface area contributed by atoms with Crippen LogP contribution in [0.5, 0.6) is 0 Å². The minimum atomic E-state index is -0.472. The summed E-state index contributed by atoms with van der Waals surface area (Å²) in [5.41, 5.74) is 1.30. The van der Waals surface area contributed by atoms with Gasteiger partial charge in [0.25, 0.3) is 0 Å². The van der Waals surface area contributed by atoms with Gasteiger partial charge in [0.2, 0.25) is 0 Å². The molecular weight excluding hydrogens is 256 g/mol. The van der Waals surface area contributed by atoms with Crippen LogP contribution in [0.3, 0.4) is 0 Å². The molecule has 1 aliphatic heterocycles. The molecule has 1 unspecified atom stereocenters. The topological polar surface area (TPSA) is 67.4 Å². The molecule has 1 saturated heterocycles. The van der Waals surface area contributed by atoms with Gasteiger partial charge in [-0.3, -0.25) is 9.97 Å². The molecule has 0 aromatic carbocycles. The Bertz CT molecular complexity index is 484. The molecule has 0 radical (unpaired) electrons. The molecule has 1 N–H and O–H groups in total. The Kier molecular flexibility index (Phi) is 4.23. The van der Waals surface area contributed by atoms with Crippen molar-refractivity contribution in [1.29, 1.82) is 0 Å². The van der Waals surface area contributed by atoms with Crippen LogP contribution in [0.1, 0.15) is 38.2 Å². The molecule has 20 heavy (non-hydrogen) atoms. The smallest absolute Gasteiger partial charge is 0.410 e. The van der Waals surface area contributed by atoms with E-state index in [1.54, 1.807) is 17.3 Å². The SMILES string of the molecule is Cc1nccnc1C1CN(C(=O)OC(C)(C)C)CCN1. The van der Waals surface area contributed by atoms with Gasteiger partial charge < -0.3 is 15.0 Å². The minimum absolute atomic E-state index is 0.00460. The molecule has 2 rings (SSSR count). The quantitative estimate of drug-likeness (QED) is 0.846. The summed E-state index contributed by atoms with van der Waals surface area (Å²) >= 11 is 0. The molecule has 1 fully saturated rings. The lowest BCUT2D eigenvalue weighted by Crippen LogP contribution is -2.50. The van der Waals surface area contributed by atoms with E-state index in [1.165, 1.54) is 0 Å². The van der Waals surface area contributed by atoms with Gasteiger partial charge in [0.1, 0.15) is 5.60 Å². The Balaban J connectivity index is 2.06. The number of nitrogens with one attached hydrogen (secondary N) is 1. The van der Waals surface area contributed by atoms with Crippen molar-refractivity contribution >= 4 is 6.09 Å². The first kappa shape index (κ1) is 14.7. The van der Waals surface area contributed by atoms with E-state index >= 15 is 0 Å². The van der Waals surface area contributed by atoms with Crippen molar-refractivity contribution in [1.82, 2.24) is 20.2 Å². The van der Waals surface area contributed by atoms with Crippen LogP contribution >= 0.6 is 0 Å². The van der Waals surface area contributed by atoms with Gasteiger partial charge in [0.15, 0.2) is 0 Å². The fraction of sp³-hybridized carbons (Fsp3) is 0.643. The van der Waals surface area contributed by atoms with E-state index in [1.807, 2.05) is 27.7 Å². The minimum Gasteiger partial charge on any atom is -0.444 e. The highest BCUT2D eigenvalue weighted by Gasteiger charge is 2.29. The summed E-state index contributed by atoms with van der Waals surface area (Å²) in [6, 6.07) is 0.00460. The number of ether oxygens (including phenoxy) is 1. The lowest BCUT2D eigenvalue weighted by atomic mass is 10.1. The van der Waals surface area contributed by atoms with Gasteiger partial charge in [-0.1, -0.05) is 0 Å². The van der Waals surface area contributed by atoms with Crippen molar-refractivity contribution in [3.05, 3.63) is 23.8 Å². The maximum atomic E-state index is 12.1. The fourth-order valence-electron chi connectivity index (χ4n) is 2.19. The summed E-state index contributed by atoms with van der Waals surface area (Å²) in [4.78, 5) is 22.5. The number of hydrogen-bond donors (Lipinski definition) is 1. The molecule has 110 valence electrons. The average molecular weight is 278 g/mol. The number of amides is 1. The van der Waals surface area contributed by atoms with Crippen molar-refractivity contribution in [2.24, 2.45) is 0 Å². The summed E-state index contributed by atoms with van der Waals surface area (Å²) in [5.74, 6) is 0. The first-order valence-electron chi connectivity index (χ1n) is 6.85. The van der Waals surface area contributed by atoms with Crippen LogP contribution in [0.15, 0.2) is 12.4 Å². The van der Waals surface area contributed by atoms with Gasteiger partial charge in [-0.25, -0.2) is 4.79 Å². The van der Waals surface area contributed by atoms with Gasteiger partial charge in [-0.2, -0.15) is 0 Å². The highest BCUT2D eigenvalue weighted by Crippen LogP contribution is 2.19. The monoisotopic (exact) mass is 278 g/mol. The Morgan fingerprint density at radius 3 is 2.75 bits per heavy atom. The molecule has 0 saturated carbocycles. The lowest BCUT2D eigenvalue weighted by Gasteiger charge is -2.34. The Morgan fingerprint density at radius 1 is 1.40 bits per heavy atom. The molecule has 1 amide bonds. The Labute approximate surface area is 119 Å². The maximum Gasteiger partial charge on any atom is 0.410 e. The van der Waals surface area contributed by atoms with Crippen LogP contribution in [0, 0.1) is 6.92 Å². The van der Waals surface area contributed by atoms with Gasteiger partial charge in [0, 0.05) is 32.0 Å². The second-order valence-corrected chi connectivity index (χ2v) is 5.96. The summed E-state index contributed by atoms with van der Waals surface area (Å²) in [5, 5.41) is 3.37. The van der Waals surface area contributed by atoms with Gasteiger partial charge in [0.05, 0.1) is 17.4 Å². The third kappa shape index (κ3) is 3.66. The molecule has 0 spiro atoms. The van der Waals surface area contributed by atoms with Gasteiger partial charge in [-0.15, -0.1) is 0 Å². The normalized spacial score (nSPS) is 19.8. The Hall–Kier alpha value is -1.69. The van der Waals surface area contributed by atoms with E-state index < -0.39 is 5.60 Å². The third-order valence-corrected chi connectivity index (χ3v) is 3.08. The summed E-state index contributed by atoms with van der Waals surface area (Å²) in [6.45, 7) is 9.46. The van der Waals surface area contributed by atoms with Crippen LogP contribution in [0.2, 0.25) is 0 Å². The van der Waals surface area contributed by atoms with E-state index in [0.29, 0.717) is 13.1 Å². The maximum absolute atomic E-state index is 12.1. The zero-order valence-electron chi connectivity index (χ0n) is 12.5. The van der Waals surface area contributed by atoms with Crippen LogP contribution in [0.4, 0.5) is 4.79 Å². The molecule has 0 aliphatic carbocycles. The second kappa shape index (κ2) is 5.75. The molecule has 6 heteroatoms. The van der Waals surface area contributed by atoms with Gasteiger partial charge >= 0.3 is 6.09 Å². The number of piperazine rings is 1. The molecule has 1 aliphatic rings. The van der Waals surface area contributed by atoms with Crippen LogP contribution in [-0.4, -0.2) is 46.2 Å². The van der Waals surface area contributed by atoms with E-state index in [-0.39, 0.29) is 12.1 Å². The summed E-state index contributed by atoms with van der Waals surface area (Å²) < 4.78 is 5.41. The molecule has 1 atom stereocenters. The molecule has 1 aromatic rings. The zero-order valence-corrected chi connectivity index (χ0v) is 12.5. The number of hydrogen-bond acceptors (Lipinski definition) is 5. The molecule has 0 bridgehead atoms. The first-order chi connectivity index (χ1) is 9.37. The van der Waals surface area contributed by atoms with Crippen molar-refractivity contribution in [3.63, 3.8) is 0 Å². The van der Waals surface area contributed by atoms with E-state index in [0.717, 1.165) is 17.9 Å². The number of rotatable bonds is 1. The van der Waals surface area contributed by atoms with Crippen molar-refractivity contribution in [2.45, 2.75) is 39.3 Å². The van der Waals surface area contributed by atoms with Crippen molar-refractivity contribution in [2.75, 3.05) is 19.6 Å². The van der Waals surface area contributed by atoms with Crippen LogP contribution < -0.4 is 5.32 Å². The van der Waals surface area contributed by atoms with Gasteiger partial charge in [-0.05, 0) is 27.7 Å². The van der Waals surface area contributed by atoms with Crippen LogP contribution in [-0.2, 0) is 4.74 Å². The van der Waals surface area contributed by atoms with E-state index in [4.69, 9.17) is 4.74 Å². The highest BCUT2D eigenvalue weighted by molar-refractivity contribution is 5.68. The molecule has 1 aromatic heterocycles. The fourth-order valence-corrected chi connectivity index (χ4v) is 2.19. The first-order valence-corrected chi connectivity index (χ1v) is 6.85. The average Bonchev–Trinajstić information content (AvgIpc) is 2.37. The van der Waals surface area contributed by atoms with E-state index in [9.17, 15) is 4.79 Å². The van der Waals surface area contributed by atoms with Crippen LogP contribution in [0.25, 0.3) is 0 Å². The van der Waals surface area contributed by atoms with Crippen molar-refractivity contribution < 1.29 is 9.53 Å². The summed E-state index contributed by atoms with van der Waals surface area (Å²) in [7, 11) is 0. The summed E-state index contributed by atoms with van der Waals surface area (Å²) in [6.07, 6.45) is 3.08. The number of aromatic nitrogens is 2. The predicted octanol–water partition coefficient (Wildman–Crippen LogP) is 1.67. The molecule has 6 nitrogen and oxygen atoms in total. The van der Waals surface area contributed by atoms with E-state index in [2.05, 4.69) is 15.3 Å². The molecule has 2 heterocycles. The predicted molar refractivity (Wildman–Crippen MR) is 75.3 cm³/mol. The number of carbonyl (C=O) groups excluding carboxylic acids is 1. The molecular formula is C14H22N4O2.